The van der Waals surface area contributed by atoms with Crippen LogP contribution in [0.5, 0.6) is 0 Å². The summed E-state index contributed by atoms with van der Waals surface area (Å²) >= 11 is 1.41. The van der Waals surface area contributed by atoms with Crippen molar-refractivity contribution >= 4 is 23.2 Å². The third-order valence-electron chi connectivity index (χ3n) is 3.48. The van der Waals surface area contributed by atoms with Crippen molar-refractivity contribution in [3.8, 4) is 0 Å². The Morgan fingerprint density at radius 3 is 2.89 bits per heavy atom. The maximum Gasteiger partial charge on any atom is 0.269 e. The third kappa shape index (κ3) is 2.53. The van der Waals surface area contributed by atoms with Crippen molar-refractivity contribution in [2.75, 3.05) is 5.32 Å². The van der Waals surface area contributed by atoms with Crippen LogP contribution < -0.4 is 5.32 Å². The molecule has 19 heavy (non-hydrogen) atoms. The second kappa shape index (κ2) is 5.13. The largest absolute Gasteiger partial charge is 0.328 e. The molecule has 1 aliphatic rings. The number of amides is 1. The highest BCUT2D eigenvalue weighted by atomic mass is 32.1. The van der Waals surface area contributed by atoms with Crippen LogP contribution in [0.15, 0.2) is 11.7 Å². The van der Waals surface area contributed by atoms with Gasteiger partial charge >= 0.3 is 0 Å². The average molecular weight is 276 g/mol. The van der Waals surface area contributed by atoms with E-state index in [1.165, 1.54) is 24.2 Å². The van der Waals surface area contributed by atoms with E-state index in [2.05, 4.69) is 20.3 Å². The molecular formula is C13H16N4OS. The number of anilines is 1. The third-order valence-corrected chi connectivity index (χ3v) is 4.32. The number of aromatic nitrogens is 3. The van der Waals surface area contributed by atoms with Crippen LogP contribution in [0.25, 0.3) is 0 Å². The van der Waals surface area contributed by atoms with E-state index in [1.807, 2.05) is 6.92 Å². The van der Waals surface area contributed by atoms with Gasteiger partial charge in [-0.2, -0.15) is 0 Å². The van der Waals surface area contributed by atoms with Crippen LogP contribution in [0.1, 0.15) is 52.7 Å². The fraction of sp³-hybridized carbons (Fsp3) is 0.462. The Labute approximate surface area is 115 Å². The normalized spacial score (nSPS) is 15.8. The van der Waals surface area contributed by atoms with Gasteiger partial charge in [0.25, 0.3) is 5.91 Å². The summed E-state index contributed by atoms with van der Waals surface area (Å²) < 4.78 is 0. The molecule has 5 nitrogen and oxygen atoms in total. The Morgan fingerprint density at radius 1 is 1.42 bits per heavy atom. The van der Waals surface area contributed by atoms with E-state index in [0.717, 1.165) is 29.1 Å². The van der Waals surface area contributed by atoms with Gasteiger partial charge < -0.3 is 4.98 Å². The van der Waals surface area contributed by atoms with Gasteiger partial charge in [-0.3, -0.25) is 10.1 Å². The van der Waals surface area contributed by atoms with Crippen molar-refractivity contribution in [2.24, 2.45) is 0 Å². The molecule has 0 aliphatic heterocycles. The molecular weight excluding hydrogens is 260 g/mol. The number of nitrogens with zero attached hydrogens (tertiary/aromatic N) is 2. The molecule has 1 fully saturated rings. The van der Waals surface area contributed by atoms with Crippen LogP contribution in [0, 0.1) is 6.92 Å². The zero-order valence-electron chi connectivity index (χ0n) is 10.8. The summed E-state index contributed by atoms with van der Waals surface area (Å²) in [5.41, 5.74) is 3.65. The minimum Gasteiger partial charge on any atom is -0.328 e. The van der Waals surface area contributed by atoms with Gasteiger partial charge in [0, 0.05) is 17.8 Å². The molecule has 0 bridgehead atoms. The lowest BCUT2D eigenvalue weighted by molar-refractivity contribution is 0.102. The number of H-pyrrole nitrogens is 1. The van der Waals surface area contributed by atoms with Gasteiger partial charge in [-0.25, -0.2) is 9.97 Å². The SMILES string of the molecule is Cc1cnc(NC(=O)c2scnc2C2CCCC2)[nH]1. The number of aryl methyl sites for hydroxylation is 1. The number of imidazole rings is 1. The molecule has 1 saturated carbocycles. The predicted molar refractivity (Wildman–Crippen MR) is 74.6 cm³/mol. The predicted octanol–water partition coefficient (Wildman–Crippen LogP) is 3.08. The number of carbonyl (C=O) groups excluding carboxylic acids is 1. The number of carbonyl (C=O) groups is 1. The molecule has 6 heteroatoms. The smallest absolute Gasteiger partial charge is 0.269 e. The van der Waals surface area contributed by atoms with E-state index in [0.29, 0.717) is 11.9 Å². The summed E-state index contributed by atoms with van der Waals surface area (Å²) in [5.74, 6) is 0.831. The number of hydrogen-bond acceptors (Lipinski definition) is 4. The van der Waals surface area contributed by atoms with Crippen molar-refractivity contribution in [1.29, 1.82) is 0 Å². The molecule has 0 spiro atoms. The molecule has 0 atom stereocenters. The molecule has 100 valence electrons. The minimum atomic E-state index is -0.112. The molecule has 2 heterocycles. The van der Waals surface area contributed by atoms with Gasteiger partial charge in [0.15, 0.2) is 0 Å². The first-order valence-electron chi connectivity index (χ1n) is 6.50. The molecule has 0 aromatic carbocycles. The molecule has 2 N–H and O–H groups in total. The fourth-order valence-electron chi connectivity index (χ4n) is 2.56. The van der Waals surface area contributed by atoms with E-state index in [9.17, 15) is 4.79 Å². The molecule has 0 radical (unpaired) electrons. The topological polar surface area (TPSA) is 70.7 Å². The molecule has 2 aromatic rings. The highest BCUT2D eigenvalue weighted by Gasteiger charge is 2.25. The monoisotopic (exact) mass is 276 g/mol. The van der Waals surface area contributed by atoms with Crippen molar-refractivity contribution in [3.63, 3.8) is 0 Å². The van der Waals surface area contributed by atoms with E-state index in [-0.39, 0.29) is 5.91 Å². The number of nitrogens with one attached hydrogen (secondary N) is 2. The Bertz CT molecular complexity index is 583. The Hall–Kier alpha value is -1.69. The van der Waals surface area contributed by atoms with Gasteiger partial charge in [-0.05, 0) is 19.8 Å². The van der Waals surface area contributed by atoms with Crippen LogP contribution >= 0.6 is 11.3 Å². The van der Waals surface area contributed by atoms with Crippen molar-refractivity contribution < 1.29 is 4.79 Å². The van der Waals surface area contributed by atoms with Crippen LogP contribution in [0.3, 0.4) is 0 Å². The molecule has 0 unspecified atom stereocenters. The van der Waals surface area contributed by atoms with Crippen LogP contribution in [-0.2, 0) is 0 Å². The van der Waals surface area contributed by atoms with Crippen molar-refractivity contribution in [3.05, 3.63) is 28.0 Å². The van der Waals surface area contributed by atoms with Gasteiger partial charge in [0.05, 0.1) is 11.2 Å². The van der Waals surface area contributed by atoms with E-state index in [4.69, 9.17) is 0 Å². The number of aromatic amines is 1. The summed E-state index contributed by atoms with van der Waals surface area (Å²) in [7, 11) is 0. The number of rotatable bonds is 3. The highest BCUT2D eigenvalue weighted by molar-refractivity contribution is 7.12. The standard InChI is InChI=1S/C13H16N4OS/c1-8-6-14-13(16-8)17-12(18)11-10(15-7-19-11)9-4-2-3-5-9/h6-7,9H,2-5H2,1H3,(H2,14,16,17,18). The van der Waals surface area contributed by atoms with Gasteiger partial charge in [0.1, 0.15) is 4.88 Å². The highest BCUT2D eigenvalue weighted by Crippen LogP contribution is 2.36. The lowest BCUT2D eigenvalue weighted by atomic mass is 10.0. The molecule has 1 amide bonds. The lowest BCUT2D eigenvalue weighted by Crippen LogP contribution is -2.14. The molecule has 2 aromatic heterocycles. The molecule has 1 aliphatic carbocycles. The van der Waals surface area contributed by atoms with Crippen LogP contribution in [-0.4, -0.2) is 20.9 Å². The summed E-state index contributed by atoms with van der Waals surface area (Å²) in [5, 5.41) is 2.79. The first-order chi connectivity index (χ1) is 9.24. The van der Waals surface area contributed by atoms with Gasteiger partial charge in [0.2, 0.25) is 5.95 Å². The van der Waals surface area contributed by atoms with E-state index in [1.54, 1.807) is 11.7 Å². The minimum absolute atomic E-state index is 0.112. The Kier molecular flexibility index (Phi) is 3.33. The second-order valence-corrected chi connectivity index (χ2v) is 5.77. The molecule has 0 saturated heterocycles. The summed E-state index contributed by atoms with van der Waals surface area (Å²) in [6.07, 6.45) is 6.45. The van der Waals surface area contributed by atoms with Gasteiger partial charge in [-0.1, -0.05) is 12.8 Å². The fourth-order valence-corrected chi connectivity index (χ4v) is 3.33. The molecule has 3 rings (SSSR count). The summed E-state index contributed by atoms with van der Waals surface area (Å²) in [4.78, 5) is 24.5. The van der Waals surface area contributed by atoms with Crippen molar-refractivity contribution in [1.82, 2.24) is 15.0 Å². The zero-order valence-corrected chi connectivity index (χ0v) is 11.6. The van der Waals surface area contributed by atoms with E-state index >= 15 is 0 Å². The average Bonchev–Trinajstić information content (AvgIpc) is 3.07. The second-order valence-electron chi connectivity index (χ2n) is 4.92. The first kappa shape index (κ1) is 12.3. The number of thiazole rings is 1. The lowest BCUT2D eigenvalue weighted by Gasteiger charge is -2.08. The van der Waals surface area contributed by atoms with E-state index < -0.39 is 0 Å². The maximum absolute atomic E-state index is 12.3. The Balaban J connectivity index is 1.78. The van der Waals surface area contributed by atoms with Crippen LogP contribution in [0.2, 0.25) is 0 Å². The Morgan fingerprint density at radius 2 is 2.21 bits per heavy atom. The quantitative estimate of drug-likeness (QED) is 0.905. The van der Waals surface area contributed by atoms with Crippen LogP contribution in [0.4, 0.5) is 5.95 Å². The first-order valence-corrected chi connectivity index (χ1v) is 7.38. The summed E-state index contributed by atoms with van der Waals surface area (Å²) in [6.45, 7) is 1.90. The summed E-state index contributed by atoms with van der Waals surface area (Å²) in [6, 6.07) is 0. The van der Waals surface area contributed by atoms with Crippen molar-refractivity contribution in [2.45, 2.75) is 38.5 Å². The number of hydrogen-bond donors (Lipinski definition) is 2. The zero-order chi connectivity index (χ0) is 13.2. The van der Waals surface area contributed by atoms with Gasteiger partial charge in [-0.15, -0.1) is 11.3 Å². The maximum atomic E-state index is 12.3.